The molecule has 0 fully saturated rings. The monoisotopic (exact) mass is 208 g/mol. The summed E-state index contributed by atoms with van der Waals surface area (Å²) in [5.41, 5.74) is 2.10. The molecule has 0 nitrogen and oxygen atoms in total. The molecule has 0 radical (unpaired) electrons. The van der Waals surface area contributed by atoms with Crippen LogP contribution in [-0.2, 0) is 4.33 Å². The average Bonchev–Trinajstić information content (AvgIpc) is 2.66. The lowest BCUT2D eigenvalue weighted by Gasteiger charge is -1.91. The minimum Gasteiger partial charge on any atom is -0.0909 e. The van der Waals surface area contributed by atoms with E-state index in [2.05, 4.69) is 24.3 Å². The molecule has 0 atom stereocenters. The lowest BCUT2D eigenvalue weighted by molar-refractivity contribution is 1.36. The zero-order valence-electron chi connectivity index (χ0n) is 6.72. The Morgan fingerprint density at radius 1 is 0.846 bits per heavy atom. The molecule has 0 N–H and O–H groups in total. The van der Waals surface area contributed by atoms with Crippen LogP contribution in [0.15, 0.2) is 36.4 Å². The summed E-state index contributed by atoms with van der Waals surface area (Å²) in [6, 6.07) is 12.3. The standard InChI is InChI=1S/C11H6Cl2/c12-11(13)9-5-7-3-1-2-4-8(7)6-10(9)11/h1-6H. The first-order valence-electron chi connectivity index (χ1n) is 4.11. The maximum Gasteiger partial charge on any atom is 0.168 e. The van der Waals surface area contributed by atoms with Gasteiger partial charge in [0.2, 0.25) is 0 Å². The summed E-state index contributed by atoms with van der Waals surface area (Å²) >= 11 is 12.1. The maximum atomic E-state index is 6.03. The predicted octanol–water partition coefficient (Wildman–Crippen LogP) is 3.83. The number of fused-ring (bicyclic) bond motifs is 2. The molecule has 0 heterocycles. The quantitative estimate of drug-likeness (QED) is 0.578. The molecule has 2 heteroatoms. The van der Waals surface area contributed by atoms with Gasteiger partial charge in [-0.25, -0.2) is 0 Å². The first kappa shape index (κ1) is 7.66. The van der Waals surface area contributed by atoms with Crippen molar-refractivity contribution in [1.82, 2.24) is 0 Å². The molecule has 1 aliphatic rings. The highest BCUT2D eigenvalue weighted by molar-refractivity contribution is 6.54. The fourth-order valence-electron chi connectivity index (χ4n) is 1.69. The molecule has 2 aromatic carbocycles. The van der Waals surface area contributed by atoms with Gasteiger partial charge < -0.3 is 0 Å². The van der Waals surface area contributed by atoms with Gasteiger partial charge in [0.05, 0.1) is 0 Å². The zero-order valence-corrected chi connectivity index (χ0v) is 8.23. The molecular weight excluding hydrogens is 203 g/mol. The molecule has 64 valence electrons. The van der Waals surface area contributed by atoms with Crippen molar-refractivity contribution in [2.24, 2.45) is 0 Å². The van der Waals surface area contributed by atoms with Crippen LogP contribution in [0.5, 0.6) is 0 Å². The van der Waals surface area contributed by atoms with E-state index in [1.807, 2.05) is 12.1 Å². The van der Waals surface area contributed by atoms with Gasteiger partial charge >= 0.3 is 0 Å². The largest absolute Gasteiger partial charge is 0.168 e. The van der Waals surface area contributed by atoms with Crippen molar-refractivity contribution in [2.45, 2.75) is 4.33 Å². The van der Waals surface area contributed by atoms with Crippen molar-refractivity contribution in [2.75, 3.05) is 0 Å². The van der Waals surface area contributed by atoms with E-state index in [0.717, 1.165) is 11.1 Å². The van der Waals surface area contributed by atoms with Gasteiger partial charge in [-0.2, -0.15) is 0 Å². The van der Waals surface area contributed by atoms with E-state index in [1.165, 1.54) is 10.8 Å². The normalized spacial score (nSPS) is 17.1. The van der Waals surface area contributed by atoms with Crippen LogP contribution in [0.2, 0.25) is 0 Å². The van der Waals surface area contributed by atoms with Gasteiger partial charge in [-0.3, -0.25) is 0 Å². The molecule has 2 aromatic rings. The van der Waals surface area contributed by atoms with Crippen LogP contribution in [0.25, 0.3) is 10.8 Å². The molecular formula is C11H6Cl2. The van der Waals surface area contributed by atoms with E-state index in [-0.39, 0.29) is 0 Å². The molecule has 1 aliphatic carbocycles. The number of halogens is 2. The number of alkyl halides is 2. The van der Waals surface area contributed by atoms with E-state index in [1.54, 1.807) is 0 Å². The molecule has 0 bridgehead atoms. The average molecular weight is 209 g/mol. The topological polar surface area (TPSA) is 0 Å². The Bertz CT molecular complexity index is 456. The highest BCUT2D eigenvalue weighted by Gasteiger charge is 2.47. The lowest BCUT2D eigenvalue weighted by Crippen LogP contribution is -1.77. The first-order valence-corrected chi connectivity index (χ1v) is 4.87. The van der Waals surface area contributed by atoms with Gasteiger partial charge in [-0.15, -0.1) is 0 Å². The third kappa shape index (κ3) is 0.932. The summed E-state index contributed by atoms with van der Waals surface area (Å²) in [6.45, 7) is 0. The van der Waals surface area contributed by atoms with Crippen molar-refractivity contribution in [3.63, 3.8) is 0 Å². The van der Waals surface area contributed by atoms with Crippen LogP contribution >= 0.6 is 23.2 Å². The molecule has 0 aromatic heterocycles. The Balaban J connectivity index is 2.37. The van der Waals surface area contributed by atoms with Crippen molar-refractivity contribution >= 4 is 34.0 Å². The summed E-state index contributed by atoms with van der Waals surface area (Å²) in [5, 5.41) is 2.40. The van der Waals surface area contributed by atoms with Crippen LogP contribution in [0.1, 0.15) is 11.1 Å². The smallest absolute Gasteiger partial charge is 0.0909 e. The third-order valence-corrected chi connectivity index (χ3v) is 3.31. The number of hydrogen-bond acceptors (Lipinski definition) is 0. The van der Waals surface area contributed by atoms with Gasteiger partial charge in [0.15, 0.2) is 4.33 Å². The van der Waals surface area contributed by atoms with E-state index in [9.17, 15) is 0 Å². The summed E-state index contributed by atoms with van der Waals surface area (Å²) in [6.07, 6.45) is 0. The molecule has 0 spiro atoms. The molecule has 0 unspecified atom stereocenters. The molecule has 13 heavy (non-hydrogen) atoms. The van der Waals surface area contributed by atoms with Gasteiger partial charge in [0.1, 0.15) is 0 Å². The molecule has 0 saturated carbocycles. The highest BCUT2D eigenvalue weighted by atomic mass is 35.5. The summed E-state index contributed by atoms with van der Waals surface area (Å²) in [4.78, 5) is 0. The minimum atomic E-state index is -0.709. The number of rotatable bonds is 0. The molecule has 0 aliphatic heterocycles. The third-order valence-electron chi connectivity index (χ3n) is 2.50. The van der Waals surface area contributed by atoms with E-state index < -0.39 is 4.33 Å². The van der Waals surface area contributed by atoms with Crippen LogP contribution < -0.4 is 0 Å². The second kappa shape index (κ2) is 2.20. The van der Waals surface area contributed by atoms with Crippen LogP contribution in [0, 0.1) is 0 Å². The number of hydrogen-bond donors (Lipinski definition) is 0. The van der Waals surface area contributed by atoms with Gasteiger partial charge in [-0.05, 0) is 34.0 Å². The van der Waals surface area contributed by atoms with Crippen molar-refractivity contribution in [3.05, 3.63) is 47.5 Å². The highest BCUT2D eigenvalue weighted by Crippen LogP contribution is 2.57. The first-order chi connectivity index (χ1) is 6.19. The van der Waals surface area contributed by atoms with Crippen molar-refractivity contribution < 1.29 is 0 Å². The van der Waals surface area contributed by atoms with E-state index >= 15 is 0 Å². The summed E-state index contributed by atoms with van der Waals surface area (Å²) in [5.74, 6) is 0. The Hall–Kier alpha value is -0.720. The van der Waals surface area contributed by atoms with Gasteiger partial charge in [0, 0.05) is 0 Å². The van der Waals surface area contributed by atoms with E-state index in [4.69, 9.17) is 23.2 Å². The molecule has 0 saturated heterocycles. The zero-order chi connectivity index (χ0) is 9.05. The van der Waals surface area contributed by atoms with Crippen LogP contribution in [0.3, 0.4) is 0 Å². The predicted molar refractivity (Wildman–Crippen MR) is 56.4 cm³/mol. The van der Waals surface area contributed by atoms with Crippen LogP contribution in [-0.4, -0.2) is 0 Å². The minimum absolute atomic E-state index is 0.709. The summed E-state index contributed by atoms with van der Waals surface area (Å²) in [7, 11) is 0. The molecule has 0 amide bonds. The fourth-order valence-corrected chi connectivity index (χ4v) is 2.22. The van der Waals surface area contributed by atoms with Gasteiger partial charge in [0.25, 0.3) is 0 Å². The van der Waals surface area contributed by atoms with Gasteiger partial charge in [-0.1, -0.05) is 47.5 Å². The Morgan fingerprint density at radius 3 is 1.77 bits per heavy atom. The van der Waals surface area contributed by atoms with Crippen LogP contribution in [0.4, 0.5) is 0 Å². The second-order valence-electron chi connectivity index (χ2n) is 3.32. The second-order valence-corrected chi connectivity index (χ2v) is 4.65. The van der Waals surface area contributed by atoms with Crippen molar-refractivity contribution in [3.8, 4) is 0 Å². The Labute approximate surface area is 86.1 Å². The Morgan fingerprint density at radius 2 is 1.31 bits per heavy atom. The Kier molecular flexibility index (Phi) is 1.30. The SMILES string of the molecule is ClC1(Cl)c2cc3ccccc3cc21. The lowest BCUT2D eigenvalue weighted by atomic mass is 10.1. The van der Waals surface area contributed by atoms with Crippen molar-refractivity contribution in [1.29, 1.82) is 0 Å². The fraction of sp³-hybridized carbons (Fsp3) is 0.0909. The van der Waals surface area contributed by atoms with E-state index in [0.29, 0.717) is 0 Å². The molecule has 3 rings (SSSR count). The summed E-state index contributed by atoms with van der Waals surface area (Å²) < 4.78 is -0.709. The number of benzene rings is 2. The maximum absolute atomic E-state index is 6.03.